The van der Waals surface area contributed by atoms with Gasteiger partial charge in [-0.2, -0.15) is 0 Å². The van der Waals surface area contributed by atoms with Crippen molar-refractivity contribution >= 4 is 13.7 Å². The Morgan fingerprint density at radius 3 is 2.62 bits per heavy atom. The van der Waals surface area contributed by atoms with Crippen LogP contribution >= 0.6 is 0 Å². The maximum absolute atomic E-state index is 5.77. The first-order valence-corrected chi connectivity index (χ1v) is 7.29. The van der Waals surface area contributed by atoms with Crippen LogP contribution in [0.15, 0.2) is 22.8 Å². The molecule has 0 saturated carbocycles. The molecular formula is C10H16O2Si. The zero-order valence-electron chi connectivity index (χ0n) is 8.08. The van der Waals surface area contributed by atoms with Crippen LogP contribution in [0.25, 0.3) is 0 Å². The van der Waals surface area contributed by atoms with Crippen molar-refractivity contribution in [1.29, 1.82) is 0 Å². The van der Waals surface area contributed by atoms with Crippen molar-refractivity contribution in [1.82, 2.24) is 0 Å². The van der Waals surface area contributed by atoms with Crippen molar-refractivity contribution in [3.05, 3.63) is 18.4 Å². The van der Waals surface area contributed by atoms with Crippen LogP contribution < -0.4 is 5.38 Å². The van der Waals surface area contributed by atoms with Crippen LogP contribution in [0.4, 0.5) is 0 Å². The molecule has 0 bridgehead atoms. The summed E-state index contributed by atoms with van der Waals surface area (Å²) < 4.78 is 11.3. The van der Waals surface area contributed by atoms with E-state index < -0.39 is 8.32 Å². The summed E-state index contributed by atoms with van der Waals surface area (Å²) in [5.41, 5.74) is 0. The van der Waals surface area contributed by atoms with Crippen molar-refractivity contribution in [2.45, 2.75) is 31.4 Å². The third kappa shape index (κ3) is 1.58. The van der Waals surface area contributed by atoms with Crippen LogP contribution in [-0.4, -0.2) is 15.4 Å². The molecule has 0 unspecified atom stereocenters. The first kappa shape index (κ1) is 9.03. The van der Waals surface area contributed by atoms with E-state index in [9.17, 15) is 0 Å². The van der Waals surface area contributed by atoms with Crippen molar-refractivity contribution in [2.24, 2.45) is 0 Å². The smallest absolute Gasteiger partial charge is 0.263 e. The number of hydrogen-bond donors (Lipinski definition) is 0. The fraction of sp³-hybridized carbons (Fsp3) is 0.600. The van der Waals surface area contributed by atoms with Gasteiger partial charge < -0.3 is 8.84 Å². The molecule has 0 amide bonds. The first-order chi connectivity index (χ1) is 6.37. The van der Waals surface area contributed by atoms with E-state index in [2.05, 4.69) is 6.07 Å². The molecule has 2 rings (SSSR count). The topological polar surface area (TPSA) is 22.4 Å². The Morgan fingerprint density at radius 1 is 1.31 bits per heavy atom. The van der Waals surface area contributed by atoms with Gasteiger partial charge in [0.05, 0.1) is 6.26 Å². The van der Waals surface area contributed by atoms with Gasteiger partial charge >= 0.3 is 0 Å². The standard InChI is InChI=1S/C10H16O2Si/c1-11-13(8-3-2-4-9-13)10-6-5-7-12-10/h5-7H,2-4,8-9H2,1H3. The Morgan fingerprint density at radius 2 is 2.08 bits per heavy atom. The molecule has 1 aliphatic heterocycles. The molecule has 1 saturated heterocycles. The number of furan rings is 1. The molecular weight excluding hydrogens is 180 g/mol. The maximum Gasteiger partial charge on any atom is 0.263 e. The molecule has 2 nitrogen and oxygen atoms in total. The maximum atomic E-state index is 5.77. The highest BCUT2D eigenvalue weighted by molar-refractivity contribution is 6.85. The Labute approximate surface area is 80.0 Å². The molecule has 2 heterocycles. The van der Waals surface area contributed by atoms with Crippen LogP contribution in [-0.2, 0) is 4.43 Å². The van der Waals surface area contributed by atoms with Crippen molar-refractivity contribution in [3.63, 3.8) is 0 Å². The van der Waals surface area contributed by atoms with E-state index in [1.165, 1.54) is 31.4 Å². The summed E-state index contributed by atoms with van der Waals surface area (Å²) in [4.78, 5) is 0. The summed E-state index contributed by atoms with van der Waals surface area (Å²) in [6, 6.07) is 6.52. The van der Waals surface area contributed by atoms with Crippen molar-refractivity contribution in [3.8, 4) is 0 Å². The van der Waals surface area contributed by atoms with Gasteiger partial charge in [0, 0.05) is 7.11 Å². The molecule has 0 atom stereocenters. The van der Waals surface area contributed by atoms with Crippen molar-refractivity contribution < 1.29 is 8.84 Å². The minimum absolute atomic E-state index is 1.13. The predicted molar refractivity (Wildman–Crippen MR) is 54.6 cm³/mol. The molecule has 0 N–H and O–H groups in total. The highest BCUT2D eigenvalue weighted by Gasteiger charge is 2.40. The zero-order chi connectivity index (χ0) is 9.15. The second kappa shape index (κ2) is 3.68. The van der Waals surface area contributed by atoms with Gasteiger partial charge in [0.2, 0.25) is 0 Å². The summed E-state index contributed by atoms with van der Waals surface area (Å²) in [6.07, 6.45) is 5.73. The lowest BCUT2D eigenvalue weighted by Crippen LogP contribution is -2.50. The summed E-state index contributed by atoms with van der Waals surface area (Å²) in [5.74, 6) is 0. The summed E-state index contributed by atoms with van der Waals surface area (Å²) >= 11 is 0. The van der Waals surface area contributed by atoms with Gasteiger partial charge in [-0.15, -0.1) is 0 Å². The minimum atomic E-state index is -1.65. The van der Waals surface area contributed by atoms with Crippen LogP contribution in [0.5, 0.6) is 0 Å². The molecule has 1 aromatic rings. The lowest BCUT2D eigenvalue weighted by molar-refractivity contribution is 0.380. The van der Waals surface area contributed by atoms with E-state index in [0.717, 1.165) is 5.38 Å². The van der Waals surface area contributed by atoms with Crippen molar-refractivity contribution in [2.75, 3.05) is 7.11 Å². The quantitative estimate of drug-likeness (QED) is 0.677. The van der Waals surface area contributed by atoms with Gasteiger partial charge in [-0.3, -0.25) is 0 Å². The van der Waals surface area contributed by atoms with Crippen LogP contribution in [0.3, 0.4) is 0 Å². The molecule has 13 heavy (non-hydrogen) atoms. The van der Waals surface area contributed by atoms with Gasteiger partial charge in [-0.1, -0.05) is 19.3 Å². The molecule has 0 aliphatic carbocycles. The van der Waals surface area contributed by atoms with Crippen LogP contribution in [0.2, 0.25) is 12.1 Å². The summed E-state index contributed by atoms with van der Waals surface area (Å²) in [7, 11) is 0.200. The molecule has 0 aromatic carbocycles. The Hall–Kier alpha value is -0.543. The van der Waals surface area contributed by atoms with Gasteiger partial charge in [-0.05, 0) is 24.2 Å². The molecule has 0 spiro atoms. The fourth-order valence-electron chi connectivity index (χ4n) is 2.21. The summed E-state index contributed by atoms with van der Waals surface area (Å²) in [5, 5.41) is 1.13. The molecule has 1 fully saturated rings. The molecule has 1 aromatic heterocycles. The second-order valence-corrected chi connectivity index (χ2v) is 7.63. The average Bonchev–Trinajstić information content (AvgIpc) is 2.72. The Kier molecular flexibility index (Phi) is 2.55. The highest BCUT2D eigenvalue weighted by atomic mass is 28.4. The molecule has 0 radical (unpaired) electrons. The highest BCUT2D eigenvalue weighted by Crippen LogP contribution is 2.28. The molecule has 3 heteroatoms. The monoisotopic (exact) mass is 196 g/mol. The second-order valence-electron chi connectivity index (χ2n) is 3.74. The third-order valence-corrected chi connectivity index (χ3v) is 7.31. The first-order valence-electron chi connectivity index (χ1n) is 4.96. The molecule has 1 aliphatic rings. The number of rotatable bonds is 2. The number of hydrogen-bond acceptors (Lipinski definition) is 2. The predicted octanol–water partition coefficient (Wildman–Crippen LogP) is 2.26. The largest absolute Gasteiger partial charge is 0.471 e. The normalized spacial score (nSPS) is 21.6. The van der Waals surface area contributed by atoms with Gasteiger partial charge in [-0.25, -0.2) is 0 Å². The third-order valence-electron chi connectivity index (χ3n) is 3.02. The zero-order valence-corrected chi connectivity index (χ0v) is 9.08. The van der Waals surface area contributed by atoms with E-state index in [1.54, 1.807) is 6.26 Å². The van der Waals surface area contributed by atoms with E-state index >= 15 is 0 Å². The molecule has 72 valence electrons. The fourth-order valence-corrected chi connectivity index (χ4v) is 5.89. The Balaban J connectivity index is 2.23. The average molecular weight is 196 g/mol. The van der Waals surface area contributed by atoms with Gasteiger partial charge in [0.15, 0.2) is 0 Å². The lowest BCUT2D eigenvalue weighted by atomic mass is 10.3. The SMILES string of the molecule is CO[Si]1(c2ccco2)CCCCC1. The van der Waals surface area contributed by atoms with E-state index in [-0.39, 0.29) is 0 Å². The Bertz CT molecular complexity index is 250. The van der Waals surface area contributed by atoms with Gasteiger partial charge in [0.1, 0.15) is 5.38 Å². The van der Waals surface area contributed by atoms with E-state index in [4.69, 9.17) is 8.84 Å². The van der Waals surface area contributed by atoms with Crippen LogP contribution in [0, 0.1) is 0 Å². The van der Waals surface area contributed by atoms with Gasteiger partial charge in [0.25, 0.3) is 8.32 Å². The lowest BCUT2D eigenvalue weighted by Gasteiger charge is -2.30. The summed E-state index contributed by atoms with van der Waals surface area (Å²) in [6.45, 7) is 0. The minimum Gasteiger partial charge on any atom is -0.471 e. The van der Waals surface area contributed by atoms with E-state index in [1.807, 2.05) is 13.2 Å². The van der Waals surface area contributed by atoms with E-state index in [0.29, 0.717) is 0 Å². The van der Waals surface area contributed by atoms with Crippen LogP contribution in [0.1, 0.15) is 19.3 Å².